The molecule has 0 aliphatic carbocycles. The van der Waals surface area contributed by atoms with Crippen LogP contribution in [-0.4, -0.2) is 20.7 Å². The molecular formula is C17H14OSe. The normalized spacial score (nSPS) is 16.4. The Kier molecular flexibility index (Phi) is 3.14. The molecule has 2 aromatic rings. The molecule has 0 unspecified atom stereocenters. The molecule has 19 heavy (non-hydrogen) atoms. The van der Waals surface area contributed by atoms with Crippen LogP contribution in [0.25, 0.3) is 5.57 Å². The van der Waals surface area contributed by atoms with Crippen molar-refractivity contribution < 1.29 is 4.79 Å². The molecule has 1 aliphatic rings. The van der Waals surface area contributed by atoms with Gasteiger partial charge >= 0.3 is 119 Å². The number of ketones is 1. The quantitative estimate of drug-likeness (QED) is 0.584. The van der Waals surface area contributed by atoms with Crippen molar-refractivity contribution >= 4 is 30.8 Å². The number of benzene rings is 2. The Hall–Kier alpha value is -1.63. The molecule has 1 aliphatic heterocycles. The summed E-state index contributed by atoms with van der Waals surface area (Å²) in [7, 11) is 0. The summed E-state index contributed by atoms with van der Waals surface area (Å²) >= 11 is 0.142. The van der Waals surface area contributed by atoms with E-state index in [2.05, 4.69) is 44.2 Å². The van der Waals surface area contributed by atoms with Gasteiger partial charge in [-0.1, -0.05) is 0 Å². The third-order valence-corrected chi connectivity index (χ3v) is 6.04. The van der Waals surface area contributed by atoms with Gasteiger partial charge in [0.1, 0.15) is 0 Å². The molecular weight excluding hydrogens is 299 g/mol. The molecule has 0 bridgehead atoms. The summed E-state index contributed by atoms with van der Waals surface area (Å²) in [6.45, 7) is 4.14. The third kappa shape index (κ3) is 2.18. The van der Waals surface area contributed by atoms with Crippen LogP contribution >= 0.6 is 0 Å². The number of aryl methyl sites for hydroxylation is 1. The van der Waals surface area contributed by atoms with Gasteiger partial charge in [0.15, 0.2) is 0 Å². The minimum atomic E-state index is 0.142. The predicted octanol–water partition coefficient (Wildman–Crippen LogP) is 2.95. The summed E-state index contributed by atoms with van der Waals surface area (Å²) in [5.41, 5.74) is 4.42. The molecule has 3 rings (SSSR count). The van der Waals surface area contributed by atoms with E-state index in [1.165, 1.54) is 10.0 Å². The second kappa shape index (κ2) is 4.80. The van der Waals surface area contributed by atoms with E-state index in [0.29, 0.717) is 0 Å². The summed E-state index contributed by atoms with van der Waals surface area (Å²) in [5.74, 6) is 0.216. The Morgan fingerprint density at radius 3 is 2.37 bits per heavy atom. The number of allylic oxidation sites excluding steroid dienone is 2. The molecule has 94 valence electrons. The van der Waals surface area contributed by atoms with Gasteiger partial charge in [-0.3, -0.25) is 0 Å². The van der Waals surface area contributed by atoms with Gasteiger partial charge in [-0.05, 0) is 0 Å². The second-order valence-corrected chi connectivity index (χ2v) is 6.96. The van der Waals surface area contributed by atoms with Crippen LogP contribution in [0.5, 0.6) is 0 Å². The molecule has 0 atom stereocenters. The maximum absolute atomic E-state index is 12.4. The summed E-state index contributed by atoms with van der Waals surface area (Å²) in [4.78, 5) is 12.4. The molecule has 2 aromatic carbocycles. The third-order valence-electron chi connectivity index (χ3n) is 3.38. The maximum atomic E-state index is 12.4. The number of carbonyl (C=O) groups excluding carboxylic acids is 1. The number of fused-ring (bicyclic) bond motifs is 1. The van der Waals surface area contributed by atoms with Crippen molar-refractivity contribution in [3.63, 3.8) is 0 Å². The molecule has 0 amide bonds. The Morgan fingerprint density at radius 2 is 1.68 bits per heavy atom. The summed E-state index contributed by atoms with van der Waals surface area (Å²) in [5, 5.41) is 0. The van der Waals surface area contributed by atoms with Crippen molar-refractivity contribution in [3.05, 3.63) is 69.7 Å². The molecule has 1 heterocycles. The summed E-state index contributed by atoms with van der Waals surface area (Å²) in [6.07, 6.45) is 0. The number of rotatable bonds is 1. The van der Waals surface area contributed by atoms with Crippen LogP contribution in [-0.2, 0) is 0 Å². The van der Waals surface area contributed by atoms with Gasteiger partial charge in [-0.25, -0.2) is 0 Å². The van der Waals surface area contributed by atoms with Crippen molar-refractivity contribution in [1.82, 2.24) is 0 Å². The predicted molar refractivity (Wildman–Crippen MR) is 79.9 cm³/mol. The van der Waals surface area contributed by atoms with Gasteiger partial charge < -0.3 is 0 Å². The van der Waals surface area contributed by atoms with Gasteiger partial charge in [0, 0.05) is 0 Å². The number of hydrogen-bond acceptors (Lipinski definition) is 1. The molecule has 0 saturated carbocycles. The van der Waals surface area contributed by atoms with Crippen molar-refractivity contribution in [2.75, 3.05) is 0 Å². The minimum absolute atomic E-state index is 0.142. The average Bonchev–Trinajstić information content (AvgIpc) is 2.77. The van der Waals surface area contributed by atoms with Crippen LogP contribution < -0.4 is 4.46 Å². The monoisotopic (exact) mass is 314 g/mol. The average molecular weight is 313 g/mol. The Bertz CT molecular complexity index is 681. The van der Waals surface area contributed by atoms with Crippen LogP contribution in [0.3, 0.4) is 0 Å². The summed E-state index contributed by atoms with van der Waals surface area (Å²) < 4.78 is 2.21. The van der Waals surface area contributed by atoms with E-state index in [-0.39, 0.29) is 20.7 Å². The van der Waals surface area contributed by atoms with Gasteiger partial charge in [-0.15, -0.1) is 0 Å². The van der Waals surface area contributed by atoms with Crippen LogP contribution in [0.1, 0.15) is 28.4 Å². The molecule has 1 nitrogen and oxygen atoms in total. The van der Waals surface area contributed by atoms with E-state index in [0.717, 1.165) is 21.2 Å². The first-order chi connectivity index (χ1) is 9.16. The Balaban J connectivity index is 2.06. The zero-order valence-corrected chi connectivity index (χ0v) is 12.6. The topological polar surface area (TPSA) is 17.1 Å². The number of carbonyl (C=O) groups is 1. The van der Waals surface area contributed by atoms with Crippen molar-refractivity contribution in [1.29, 1.82) is 0 Å². The van der Waals surface area contributed by atoms with Gasteiger partial charge in [0.25, 0.3) is 0 Å². The molecule has 0 N–H and O–H groups in total. The van der Waals surface area contributed by atoms with E-state index in [1.54, 1.807) is 0 Å². The second-order valence-electron chi connectivity index (χ2n) is 4.75. The van der Waals surface area contributed by atoms with Crippen molar-refractivity contribution in [2.45, 2.75) is 13.8 Å². The number of hydrogen-bond donors (Lipinski definition) is 0. The van der Waals surface area contributed by atoms with Crippen LogP contribution in [0.15, 0.2) is 53.0 Å². The Labute approximate surface area is 119 Å². The van der Waals surface area contributed by atoms with Gasteiger partial charge in [0.2, 0.25) is 0 Å². The van der Waals surface area contributed by atoms with E-state index in [9.17, 15) is 4.79 Å². The van der Waals surface area contributed by atoms with Crippen molar-refractivity contribution in [3.8, 4) is 0 Å². The first-order valence-electron chi connectivity index (χ1n) is 6.26. The van der Waals surface area contributed by atoms with E-state index >= 15 is 0 Å². The SMILES string of the molecule is C/C(=C1/[Se]c2ccccc2C1=O)c1ccc(C)cc1. The number of Topliss-reactive ketones (excluding diaryl/α,β-unsaturated/α-hetero) is 1. The first-order valence-corrected chi connectivity index (χ1v) is 7.97. The van der Waals surface area contributed by atoms with Crippen LogP contribution in [0, 0.1) is 6.92 Å². The van der Waals surface area contributed by atoms with E-state index in [1.807, 2.05) is 18.2 Å². The zero-order valence-electron chi connectivity index (χ0n) is 10.9. The fourth-order valence-corrected chi connectivity index (χ4v) is 4.53. The molecule has 0 aromatic heterocycles. The fourth-order valence-electron chi connectivity index (χ4n) is 2.20. The van der Waals surface area contributed by atoms with Crippen LogP contribution in [0.2, 0.25) is 0 Å². The zero-order chi connectivity index (χ0) is 13.4. The van der Waals surface area contributed by atoms with E-state index in [4.69, 9.17) is 0 Å². The molecule has 0 radical (unpaired) electrons. The summed E-state index contributed by atoms with van der Waals surface area (Å²) in [6, 6.07) is 16.4. The molecule has 2 heteroatoms. The molecule has 0 saturated heterocycles. The standard InChI is InChI=1S/C17H14OSe/c1-11-7-9-13(10-8-11)12(2)17-16(18)14-5-3-4-6-15(14)19-17/h3-10H,1-2H3/b17-12-. The van der Waals surface area contributed by atoms with Crippen molar-refractivity contribution in [2.24, 2.45) is 0 Å². The molecule has 0 fully saturated rings. The van der Waals surface area contributed by atoms with Gasteiger partial charge in [-0.2, -0.15) is 0 Å². The Morgan fingerprint density at radius 1 is 1.00 bits per heavy atom. The fraction of sp³-hybridized carbons (Fsp3) is 0.118. The van der Waals surface area contributed by atoms with E-state index < -0.39 is 0 Å². The first kappa shape index (κ1) is 12.4. The van der Waals surface area contributed by atoms with Crippen LogP contribution in [0.4, 0.5) is 0 Å². The molecule has 0 spiro atoms. The van der Waals surface area contributed by atoms with Gasteiger partial charge in [0.05, 0.1) is 0 Å².